The van der Waals surface area contributed by atoms with Crippen LogP contribution in [0.4, 0.5) is 4.79 Å². The molecule has 3 aromatic rings. The predicted octanol–water partition coefficient (Wildman–Crippen LogP) is 1.91. The predicted molar refractivity (Wildman–Crippen MR) is 102 cm³/mol. The van der Waals surface area contributed by atoms with Gasteiger partial charge in [0.2, 0.25) is 0 Å². The van der Waals surface area contributed by atoms with Gasteiger partial charge in [0.25, 0.3) is 0 Å². The first-order valence-electron chi connectivity index (χ1n) is 9.10. The number of hydrogen-bond acceptors (Lipinski definition) is 4. The summed E-state index contributed by atoms with van der Waals surface area (Å²) < 4.78 is 6.70. The number of aromatic nitrogens is 1. The molecule has 0 saturated heterocycles. The zero-order valence-electron chi connectivity index (χ0n) is 15.0. The Hall–Kier alpha value is -3.06. The van der Waals surface area contributed by atoms with Gasteiger partial charge in [-0.1, -0.05) is 36.4 Å². The molecule has 1 aliphatic heterocycles. The van der Waals surface area contributed by atoms with Gasteiger partial charge in [0.1, 0.15) is 0 Å². The molecule has 2 amide bonds. The number of benzene rings is 2. The Morgan fingerprint density at radius 3 is 2.30 bits per heavy atom. The summed E-state index contributed by atoms with van der Waals surface area (Å²) in [5.74, 6) is -0.410. The van der Waals surface area contributed by atoms with Gasteiger partial charge in [0.15, 0.2) is 5.58 Å². The van der Waals surface area contributed by atoms with Gasteiger partial charge in [0.05, 0.1) is 5.52 Å². The van der Waals surface area contributed by atoms with Crippen LogP contribution in [0.2, 0.25) is 0 Å². The normalized spacial score (nSPS) is 13.6. The first kappa shape index (κ1) is 17.4. The van der Waals surface area contributed by atoms with Crippen molar-refractivity contribution in [1.29, 1.82) is 0 Å². The number of nitrogens with one attached hydrogen (secondary N) is 2. The fraction of sp³-hybridized carbons (Fsp3) is 0.300. The van der Waals surface area contributed by atoms with E-state index >= 15 is 0 Å². The summed E-state index contributed by atoms with van der Waals surface area (Å²) in [6.45, 7) is 3.95. The Balaban J connectivity index is 1.19. The molecule has 2 heterocycles. The molecule has 4 rings (SSSR count). The molecule has 0 spiro atoms. The monoisotopic (exact) mass is 366 g/mol. The van der Waals surface area contributed by atoms with E-state index in [0.717, 1.165) is 25.2 Å². The minimum atomic E-state index is -0.410. The lowest BCUT2D eigenvalue weighted by Gasteiger charge is -2.15. The average molecular weight is 366 g/mol. The van der Waals surface area contributed by atoms with Crippen LogP contribution >= 0.6 is 0 Å². The quantitative estimate of drug-likeness (QED) is 0.698. The number of urea groups is 1. The molecule has 7 nitrogen and oxygen atoms in total. The number of hydrogen-bond donors (Lipinski definition) is 2. The van der Waals surface area contributed by atoms with Gasteiger partial charge in [-0.05, 0) is 23.3 Å². The molecular weight excluding hydrogens is 344 g/mol. The second-order valence-corrected chi connectivity index (χ2v) is 6.65. The van der Waals surface area contributed by atoms with E-state index in [1.807, 2.05) is 18.2 Å². The van der Waals surface area contributed by atoms with Crippen molar-refractivity contribution in [3.8, 4) is 0 Å². The molecule has 0 saturated carbocycles. The number of carbonyl (C=O) groups excluding carboxylic acids is 1. The molecule has 1 aromatic heterocycles. The topological polar surface area (TPSA) is 79.5 Å². The minimum absolute atomic E-state index is 0.229. The number of carbonyl (C=O) groups is 1. The Kier molecular flexibility index (Phi) is 4.93. The van der Waals surface area contributed by atoms with Crippen molar-refractivity contribution in [2.75, 3.05) is 19.6 Å². The maximum Gasteiger partial charge on any atom is 0.420 e. The lowest BCUT2D eigenvalue weighted by atomic mass is 10.1. The molecule has 0 unspecified atom stereocenters. The van der Waals surface area contributed by atoms with Gasteiger partial charge >= 0.3 is 11.8 Å². The molecule has 140 valence electrons. The van der Waals surface area contributed by atoms with E-state index in [4.69, 9.17) is 4.42 Å². The van der Waals surface area contributed by atoms with Gasteiger partial charge in [-0.25, -0.2) is 9.59 Å². The fourth-order valence-corrected chi connectivity index (χ4v) is 3.46. The largest absolute Gasteiger partial charge is 0.420 e. The molecule has 0 fully saturated rings. The summed E-state index contributed by atoms with van der Waals surface area (Å²) in [4.78, 5) is 26.2. The molecular formula is C20H22N4O3. The highest BCUT2D eigenvalue weighted by Crippen LogP contribution is 2.21. The van der Waals surface area contributed by atoms with Gasteiger partial charge in [-0.2, -0.15) is 0 Å². The van der Waals surface area contributed by atoms with Crippen molar-refractivity contribution in [2.45, 2.75) is 19.6 Å². The summed E-state index contributed by atoms with van der Waals surface area (Å²) in [5, 5.41) is 5.65. The maximum absolute atomic E-state index is 12.0. The van der Waals surface area contributed by atoms with Gasteiger partial charge in [-0.15, -0.1) is 0 Å². The standard InChI is InChI=1S/C20H22N4O3/c25-19(21-9-11-23-13-15-5-1-2-6-16(15)14-23)22-10-12-24-17-7-3-4-8-18(17)27-20(24)26/h1-8H,9-14H2,(H2,21,22,25). The lowest BCUT2D eigenvalue weighted by Crippen LogP contribution is -2.40. The lowest BCUT2D eigenvalue weighted by molar-refractivity contribution is 0.235. The van der Waals surface area contributed by atoms with Crippen molar-refractivity contribution < 1.29 is 9.21 Å². The van der Waals surface area contributed by atoms with Crippen molar-refractivity contribution in [2.24, 2.45) is 0 Å². The Bertz CT molecular complexity index is 983. The van der Waals surface area contributed by atoms with Crippen LogP contribution in [-0.4, -0.2) is 35.1 Å². The maximum atomic E-state index is 12.0. The second kappa shape index (κ2) is 7.67. The van der Waals surface area contributed by atoms with Crippen LogP contribution in [0.3, 0.4) is 0 Å². The molecule has 0 bridgehead atoms. The Morgan fingerprint density at radius 2 is 1.56 bits per heavy atom. The van der Waals surface area contributed by atoms with E-state index in [-0.39, 0.29) is 6.03 Å². The van der Waals surface area contributed by atoms with Crippen LogP contribution in [0.5, 0.6) is 0 Å². The van der Waals surface area contributed by atoms with Crippen LogP contribution in [0.1, 0.15) is 11.1 Å². The number of rotatable bonds is 6. The van der Waals surface area contributed by atoms with Gasteiger partial charge in [0, 0.05) is 39.3 Å². The van der Waals surface area contributed by atoms with Crippen LogP contribution in [-0.2, 0) is 19.6 Å². The summed E-state index contributed by atoms with van der Waals surface area (Å²) in [5.41, 5.74) is 4.01. The third-order valence-electron chi connectivity index (χ3n) is 4.81. The van der Waals surface area contributed by atoms with E-state index < -0.39 is 5.76 Å². The molecule has 0 atom stereocenters. The zero-order chi connectivity index (χ0) is 18.6. The summed E-state index contributed by atoms with van der Waals surface area (Å²) in [6.07, 6.45) is 0. The number of amides is 2. The number of oxazole rings is 1. The summed E-state index contributed by atoms with van der Waals surface area (Å²) in [6, 6.07) is 15.4. The van der Waals surface area contributed by atoms with Crippen molar-refractivity contribution >= 4 is 17.1 Å². The number of para-hydroxylation sites is 2. The first-order chi connectivity index (χ1) is 13.2. The van der Waals surface area contributed by atoms with Gasteiger partial charge < -0.3 is 15.1 Å². The zero-order valence-corrected chi connectivity index (χ0v) is 15.0. The fourth-order valence-electron chi connectivity index (χ4n) is 3.46. The molecule has 0 radical (unpaired) electrons. The smallest absolute Gasteiger partial charge is 0.408 e. The summed E-state index contributed by atoms with van der Waals surface area (Å²) in [7, 11) is 0. The summed E-state index contributed by atoms with van der Waals surface area (Å²) >= 11 is 0. The van der Waals surface area contributed by atoms with Crippen molar-refractivity contribution in [3.63, 3.8) is 0 Å². The molecule has 27 heavy (non-hydrogen) atoms. The van der Waals surface area contributed by atoms with E-state index in [1.165, 1.54) is 15.7 Å². The highest BCUT2D eigenvalue weighted by Gasteiger charge is 2.17. The number of fused-ring (bicyclic) bond motifs is 2. The van der Waals surface area contributed by atoms with Crippen molar-refractivity contribution in [1.82, 2.24) is 20.1 Å². The van der Waals surface area contributed by atoms with Crippen LogP contribution in [0.25, 0.3) is 11.1 Å². The molecule has 7 heteroatoms. The third-order valence-corrected chi connectivity index (χ3v) is 4.81. The molecule has 0 aliphatic carbocycles. The van der Waals surface area contributed by atoms with Crippen LogP contribution in [0, 0.1) is 0 Å². The molecule has 2 aromatic carbocycles. The molecule has 1 aliphatic rings. The molecule has 2 N–H and O–H groups in total. The van der Waals surface area contributed by atoms with E-state index in [1.54, 1.807) is 6.07 Å². The van der Waals surface area contributed by atoms with Crippen LogP contribution < -0.4 is 16.4 Å². The Labute approximate surface area is 156 Å². The minimum Gasteiger partial charge on any atom is -0.408 e. The number of nitrogens with zero attached hydrogens (tertiary/aromatic N) is 2. The third kappa shape index (κ3) is 3.88. The van der Waals surface area contributed by atoms with E-state index in [9.17, 15) is 9.59 Å². The SMILES string of the molecule is O=C(NCCN1Cc2ccccc2C1)NCCn1c(=O)oc2ccccc21. The average Bonchev–Trinajstić information content (AvgIpc) is 3.22. The highest BCUT2D eigenvalue weighted by molar-refractivity contribution is 5.74. The van der Waals surface area contributed by atoms with Crippen LogP contribution in [0.15, 0.2) is 57.7 Å². The first-order valence-corrected chi connectivity index (χ1v) is 9.10. The highest BCUT2D eigenvalue weighted by atomic mass is 16.4. The van der Waals surface area contributed by atoms with Crippen molar-refractivity contribution in [3.05, 3.63) is 70.2 Å². The van der Waals surface area contributed by atoms with E-state index in [2.05, 4.69) is 39.8 Å². The van der Waals surface area contributed by atoms with E-state index in [0.29, 0.717) is 25.2 Å². The second-order valence-electron chi connectivity index (χ2n) is 6.65. The Morgan fingerprint density at radius 1 is 0.926 bits per heavy atom. The van der Waals surface area contributed by atoms with Gasteiger partial charge in [-0.3, -0.25) is 9.47 Å².